The number of benzene rings is 1. The number of hydrogen-bond acceptors (Lipinski definition) is 3. The van der Waals surface area contributed by atoms with E-state index in [-0.39, 0.29) is 11.1 Å². The van der Waals surface area contributed by atoms with Crippen LogP contribution in [0.15, 0.2) is 47.4 Å². The van der Waals surface area contributed by atoms with Gasteiger partial charge in [-0.3, -0.25) is 9.20 Å². The molecular formula is C22H22N2O3. The molecule has 0 radical (unpaired) electrons. The number of aromatic nitrogens is 2. The van der Waals surface area contributed by atoms with Crippen LogP contribution in [0, 0.1) is 6.92 Å². The second kappa shape index (κ2) is 7.99. The van der Waals surface area contributed by atoms with Crippen LogP contribution in [0.3, 0.4) is 0 Å². The van der Waals surface area contributed by atoms with Crippen LogP contribution in [0.1, 0.15) is 52.5 Å². The van der Waals surface area contributed by atoms with Crippen LogP contribution in [0.4, 0.5) is 0 Å². The second-order valence-corrected chi connectivity index (χ2v) is 6.53. The molecule has 0 saturated heterocycles. The molecule has 0 saturated carbocycles. The van der Waals surface area contributed by atoms with Gasteiger partial charge in [0.05, 0.1) is 11.3 Å². The van der Waals surface area contributed by atoms with Gasteiger partial charge in [0, 0.05) is 11.8 Å². The van der Waals surface area contributed by atoms with Crippen molar-refractivity contribution in [3.63, 3.8) is 0 Å². The van der Waals surface area contributed by atoms with Gasteiger partial charge in [0.15, 0.2) is 0 Å². The highest BCUT2D eigenvalue weighted by Gasteiger charge is 2.13. The van der Waals surface area contributed by atoms with Crippen molar-refractivity contribution in [3.8, 4) is 0 Å². The van der Waals surface area contributed by atoms with Gasteiger partial charge in [-0.15, -0.1) is 0 Å². The van der Waals surface area contributed by atoms with Crippen molar-refractivity contribution < 1.29 is 9.90 Å². The van der Waals surface area contributed by atoms with Crippen molar-refractivity contribution in [3.05, 3.63) is 80.9 Å². The van der Waals surface area contributed by atoms with Crippen LogP contribution in [0.25, 0.3) is 17.8 Å². The van der Waals surface area contributed by atoms with E-state index in [1.54, 1.807) is 6.07 Å². The number of rotatable bonds is 6. The maximum atomic E-state index is 13.0. The first-order chi connectivity index (χ1) is 13.0. The molecule has 2 heterocycles. The van der Waals surface area contributed by atoms with Gasteiger partial charge in [-0.25, -0.2) is 9.78 Å². The van der Waals surface area contributed by atoms with Gasteiger partial charge in [0.2, 0.25) is 0 Å². The van der Waals surface area contributed by atoms with Gasteiger partial charge in [0.1, 0.15) is 5.65 Å². The molecule has 0 atom stereocenters. The van der Waals surface area contributed by atoms with E-state index in [4.69, 9.17) is 0 Å². The molecule has 5 heteroatoms. The Morgan fingerprint density at radius 2 is 1.96 bits per heavy atom. The van der Waals surface area contributed by atoms with E-state index in [2.05, 4.69) is 11.9 Å². The van der Waals surface area contributed by atoms with Gasteiger partial charge in [0.25, 0.3) is 5.56 Å². The Bertz CT molecular complexity index is 1080. The Morgan fingerprint density at radius 1 is 1.19 bits per heavy atom. The van der Waals surface area contributed by atoms with E-state index >= 15 is 0 Å². The molecule has 1 N–H and O–H groups in total. The first kappa shape index (κ1) is 18.6. The zero-order chi connectivity index (χ0) is 19.4. The first-order valence-electron chi connectivity index (χ1n) is 9.03. The third-order valence-electron chi connectivity index (χ3n) is 4.58. The van der Waals surface area contributed by atoms with E-state index in [0.717, 1.165) is 24.0 Å². The number of hydrogen-bond donors (Lipinski definition) is 1. The van der Waals surface area contributed by atoms with Crippen LogP contribution < -0.4 is 5.56 Å². The van der Waals surface area contributed by atoms with Crippen molar-refractivity contribution >= 4 is 23.8 Å². The lowest BCUT2D eigenvalue weighted by Gasteiger charge is -2.09. The number of carboxylic acids is 1. The molecule has 0 aliphatic rings. The minimum atomic E-state index is -1.07. The van der Waals surface area contributed by atoms with Crippen molar-refractivity contribution in [1.29, 1.82) is 0 Å². The molecule has 0 aliphatic heterocycles. The Labute approximate surface area is 157 Å². The lowest BCUT2D eigenvalue weighted by Crippen LogP contribution is -2.22. The summed E-state index contributed by atoms with van der Waals surface area (Å²) in [7, 11) is 0. The van der Waals surface area contributed by atoms with Crippen molar-refractivity contribution in [1.82, 2.24) is 9.38 Å². The van der Waals surface area contributed by atoms with Crippen LogP contribution in [-0.2, 0) is 6.42 Å². The predicted molar refractivity (Wildman–Crippen MR) is 107 cm³/mol. The second-order valence-electron chi connectivity index (χ2n) is 6.53. The van der Waals surface area contributed by atoms with E-state index in [1.807, 2.05) is 43.3 Å². The third kappa shape index (κ3) is 3.97. The van der Waals surface area contributed by atoms with E-state index in [9.17, 15) is 14.7 Å². The summed E-state index contributed by atoms with van der Waals surface area (Å²) in [4.78, 5) is 28.8. The third-order valence-corrected chi connectivity index (χ3v) is 4.58. The Hall–Kier alpha value is -3.21. The quantitative estimate of drug-likeness (QED) is 0.713. The summed E-state index contributed by atoms with van der Waals surface area (Å²) in [5, 5.41) is 9.19. The van der Waals surface area contributed by atoms with Gasteiger partial charge in [-0.05, 0) is 49.1 Å². The zero-order valence-electron chi connectivity index (χ0n) is 15.5. The van der Waals surface area contributed by atoms with Crippen molar-refractivity contribution in [2.75, 3.05) is 0 Å². The molecule has 2 aromatic heterocycles. The van der Waals surface area contributed by atoms with Gasteiger partial charge >= 0.3 is 5.97 Å². The molecule has 3 aromatic rings. The van der Waals surface area contributed by atoms with Crippen molar-refractivity contribution in [2.45, 2.75) is 33.1 Å². The highest BCUT2D eigenvalue weighted by atomic mass is 16.4. The number of unbranched alkanes of at least 4 members (excludes halogenated alkanes) is 1. The Morgan fingerprint density at radius 3 is 2.67 bits per heavy atom. The fraction of sp³-hybridized carbons (Fsp3) is 0.227. The average molecular weight is 362 g/mol. The molecule has 0 spiro atoms. The largest absolute Gasteiger partial charge is 0.478 e. The summed E-state index contributed by atoms with van der Waals surface area (Å²) in [5.41, 5.74) is 3.77. The molecule has 0 fully saturated rings. The number of carbonyl (C=O) groups is 1. The number of aryl methyl sites for hydroxylation is 1. The molecule has 5 nitrogen and oxygen atoms in total. The minimum Gasteiger partial charge on any atom is -0.478 e. The van der Waals surface area contributed by atoms with Crippen molar-refractivity contribution in [2.24, 2.45) is 0 Å². The Kier molecular flexibility index (Phi) is 5.50. The molecule has 27 heavy (non-hydrogen) atoms. The molecule has 0 aliphatic carbocycles. The number of carboxylic acid groups (broad SMARTS) is 1. The van der Waals surface area contributed by atoms with Crippen LogP contribution >= 0.6 is 0 Å². The van der Waals surface area contributed by atoms with Crippen LogP contribution in [-0.4, -0.2) is 20.5 Å². The minimum absolute atomic E-state index is 0.0658. The smallest absolute Gasteiger partial charge is 0.337 e. The van der Waals surface area contributed by atoms with Crippen LogP contribution in [0.5, 0.6) is 0 Å². The topological polar surface area (TPSA) is 71.7 Å². The summed E-state index contributed by atoms with van der Waals surface area (Å²) >= 11 is 0. The zero-order valence-corrected chi connectivity index (χ0v) is 15.5. The normalized spacial score (nSPS) is 11.3. The van der Waals surface area contributed by atoms with Gasteiger partial charge < -0.3 is 5.11 Å². The van der Waals surface area contributed by atoms with Gasteiger partial charge in [-0.2, -0.15) is 0 Å². The fourth-order valence-corrected chi connectivity index (χ4v) is 2.99. The number of fused-ring (bicyclic) bond motifs is 1. The molecule has 0 unspecified atom stereocenters. The average Bonchev–Trinajstić information content (AvgIpc) is 2.66. The molecule has 0 amide bonds. The van der Waals surface area contributed by atoms with E-state index in [0.29, 0.717) is 23.3 Å². The monoisotopic (exact) mass is 362 g/mol. The molecule has 1 aromatic carbocycles. The van der Waals surface area contributed by atoms with Crippen LogP contribution in [0.2, 0.25) is 0 Å². The summed E-state index contributed by atoms with van der Waals surface area (Å²) in [6.45, 7) is 4.10. The summed E-state index contributed by atoms with van der Waals surface area (Å²) in [6.07, 6.45) is 7.62. The number of nitrogens with zero attached hydrogens (tertiary/aromatic N) is 2. The van der Waals surface area contributed by atoms with E-state index in [1.165, 1.54) is 16.7 Å². The summed E-state index contributed by atoms with van der Waals surface area (Å²) in [6, 6.07) is 11.0. The summed E-state index contributed by atoms with van der Waals surface area (Å²) < 4.78 is 1.33. The maximum Gasteiger partial charge on any atom is 0.337 e. The predicted octanol–water partition coefficient (Wildman–Crippen LogP) is 4.21. The molecule has 0 bridgehead atoms. The standard InChI is InChI=1S/C22H22N2O3/c1-3-4-9-18-19(12-10-16-8-6-5-7-15(16)2)23-20-13-11-17(22(26)27)14-24(20)21(18)25/h5-8,10-14H,3-4,9H2,1-2H3,(H,26,27)/b12-10+. The Balaban J connectivity index is 2.15. The highest BCUT2D eigenvalue weighted by molar-refractivity contribution is 5.87. The number of pyridine rings is 1. The maximum absolute atomic E-state index is 13.0. The fourth-order valence-electron chi connectivity index (χ4n) is 2.99. The highest BCUT2D eigenvalue weighted by Crippen LogP contribution is 2.15. The van der Waals surface area contributed by atoms with Gasteiger partial charge in [-0.1, -0.05) is 43.7 Å². The SMILES string of the molecule is CCCCc1c(/C=C/c2ccccc2C)nc2ccc(C(=O)O)cn2c1=O. The lowest BCUT2D eigenvalue weighted by molar-refractivity contribution is 0.0696. The molecule has 3 rings (SSSR count). The molecule has 138 valence electrons. The summed E-state index contributed by atoms with van der Waals surface area (Å²) in [5.74, 6) is -1.07. The lowest BCUT2D eigenvalue weighted by atomic mass is 10.0. The first-order valence-corrected chi connectivity index (χ1v) is 9.03. The molecular weight excluding hydrogens is 340 g/mol. The van der Waals surface area contributed by atoms with E-state index < -0.39 is 5.97 Å². The number of aromatic carboxylic acids is 1.